The van der Waals surface area contributed by atoms with Crippen LogP contribution in [0.3, 0.4) is 0 Å². The van der Waals surface area contributed by atoms with Crippen LogP contribution in [0.5, 0.6) is 0 Å². The molecule has 0 saturated heterocycles. The Bertz CT molecular complexity index is 330. The van der Waals surface area contributed by atoms with Gasteiger partial charge in [-0.2, -0.15) is 0 Å². The van der Waals surface area contributed by atoms with Gasteiger partial charge < -0.3 is 15.4 Å². The molecule has 1 saturated carbocycles. The molecule has 4 nitrogen and oxygen atoms in total. The molecule has 4 heteroatoms. The van der Waals surface area contributed by atoms with Crippen molar-refractivity contribution in [2.75, 3.05) is 0 Å². The Kier molecular flexibility index (Phi) is 2.80. The summed E-state index contributed by atoms with van der Waals surface area (Å²) in [5, 5.41) is 10.1. The average molecular weight is 209 g/mol. The zero-order valence-electron chi connectivity index (χ0n) is 9.30. The van der Waals surface area contributed by atoms with Crippen LogP contribution in [0, 0.1) is 5.92 Å². The van der Waals surface area contributed by atoms with Gasteiger partial charge >= 0.3 is 0 Å². The van der Waals surface area contributed by atoms with Gasteiger partial charge in [0.25, 0.3) is 0 Å². The van der Waals surface area contributed by atoms with Crippen LogP contribution in [0.1, 0.15) is 44.5 Å². The van der Waals surface area contributed by atoms with E-state index in [2.05, 4.69) is 9.55 Å². The van der Waals surface area contributed by atoms with E-state index in [1.54, 1.807) is 12.5 Å². The lowest BCUT2D eigenvalue weighted by Crippen LogP contribution is -2.34. The van der Waals surface area contributed by atoms with Gasteiger partial charge in [0, 0.05) is 12.1 Å². The molecule has 2 rings (SSSR count). The maximum atomic E-state index is 10.1. The summed E-state index contributed by atoms with van der Waals surface area (Å²) in [6, 6.07) is 0.315. The summed E-state index contributed by atoms with van der Waals surface area (Å²) in [5.41, 5.74) is 6.81. The molecule has 1 aromatic heterocycles. The third-order valence-corrected chi connectivity index (χ3v) is 3.07. The summed E-state index contributed by atoms with van der Waals surface area (Å²) in [4.78, 5) is 4.09. The van der Waals surface area contributed by atoms with Crippen LogP contribution in [0.15, 0.2) is 12.5 Å². The quantitative estimate of drug-likeness (QED) is 0.784. The summed E-state index contributed by atoms with van der Waals surface area (Å²) >= 11 is 0. The highest BCUT2D eigenvalue weighted by Gasteiger charge is 2.30. The van der Waals surface area contributed by atoms with Gasteiger partial charge in [0.15, 0.2) is 0 Å². The van der Waals surface area contributed by atoms with Crippen LogP contribution in [-0.2, 0) is 0 Å². The number of rotatable bonds is 4. The molecule has 1 aromatic rings. The minimum atomic E-state index is -0.604. The molecule has 2 unspecified atom stereocenters. The molecule has 1 aliphatic carbocycles. The van der Waals surface area contributed by atoms with Gasteiger partial charge in [0.1, 0.15) is 6.10 Å². The maximum Gasteiger partial charge on any atom is 0.111 e. The minimum Gasteiger partial charge on any atom is -0.385 e. The van der Waals surface area contributed by atoms with Gasteiger partial charge in [-0.15, -0.1) is 0 Å². The van der Waals surface area contributed by atoms with Gasteiger partial charge in [0.2, 0.25) is 0 Å². The number of nitrogens with zero attached hydrogens (tertiary/aromatic N) is 2. The first kappa shape index (κ1) is 10.6. The Morgan fingerprint density at radius 2 is 2.20 bits per heavy atom. The molecule has 15 heavy (non-hydrogen) atoms. The van der Waals surface area contributed by atoms with E-state index < -0.39 is 6.10 Å². The van der Waals surface area contributed by atoms with E-state index in [1.165, 1.54) is 12.8 Å². The summed E-state index contributed by atoms with van der Waals surface area (Å²) in [6.45, 7) is 4.04. The maximum absolute atomic E-state index is 10.1. The molecule has 2 atom stereocenters. The predicted octanol–water partition coefficient (Wildman–Crippen LogP) is 1.23. The SMILES string of the molecule is CC(C)C(N)C(O)c1cncn1C1CC1. The predicted molar refractivity (Wildman–Crippen MR) is 58.3 cm³/mol. The van der Waals surface area contributed by atoms with Crippen molar-refractivity contribution in [3.8, 4) is 0 Å². The number of nitrogens with two attached hydrogens (primary N) is 1. The summed E-state index contributed by atoms with van der Waals surface area (Å²) in [6.07, 6.45) is 5.29. The van der Waals surface area contributed by atoms with Gasteiger partial charge in [-0.3, -0.25) is 0 Å². The zero-order chi connectivity index (χ0) is 11.0. The smallest absolute Gasteiger partial charge is 0.111 e. The van der Waals surface area contributed by atoms with Crippen LogP contribution in [0.25, 0.3) is 0 Å². The normalized spacial score (nSPS) is 20.6. The van der Waals surface area contributed by atoms with Crippen molar-refractivity contribution in [1.82, 2.24) is 9.55 Å². The van der Waals surface area contributed by atoms with Crippen molar-refractivity contribution in [3.63, 3.8) is 0 Å². The lowest BCUT2D eigenvalue weighted by atomic mass is 9.98. The Morgan fingerprint density at radius 3 is 2.73 bits per heavy atom. The number of hydrogen-bond acceptors (Lipinski definition) is 3. The number of hydrogen-bond donors (Lipinski definition) is 2. The summed E-state index contributed by atoms with van der Waals surface area (Å²) < 4.78 is 2.06. The van der Waals surface area contributed by atoms with Crippen molar-refractivity contribution in [1.29, 1.82) is 0 Å². The fourth-order valence-electron chi connectivity index (χ4n) is 1.76. The van der Waals surface area contributed by atoms with Gasteiger partial charge in [-0.25, -0.2) is 4.98 Å². The molecule has 1 fully saturated rings. The Hall–Kier alpha value is -0.870. The Balaban J connectivity index is 2.17. The number of aliphatic hydroxyl groups excluding tert-OH is 1. The van der Waals surface area contributed by atoms with Crippen LogP contribution >= 0.6 is 0 Å². The van der Waals surface area contributed by atoms with E-state index in [0.29, 0.717) is 6.04 Å². The minimum absolute atomic E-state index is 0.223. The number of aromatic nitrogens is 2. The molecule has 1 heterocycles. The van der Waals surface area contributed by atoms with Gasteiger partial charge in [-0.1, -0.05) is 13.8 Å². The average Bonchev–Trinajstić information content (AvgIpc) is 2.94. The van der Waals surface area contributed by atoms with Crippen molar-refractivity contribution >= 4 is 0 Å². The van der Waals surface area contributed by atoms with Crippen LogP contribution in [0.4, 0.5) is 0 Å². The molecule has 0 aliphatic heterocycles. The van der Waals surface area contributed by atoms with E-state index in [4.69, 9.17) is 5.73 Å². The van der Waals surface area contributed by atoms with Crippen molar-refractivity contribution in [2.45, 2.75) is 44.9 Å². The van der Waals surface area contributed by atoms with E-state index in [9.17, 15) is 5.11 Å². The monoisotopic (exact) mass is 209 g/mol. The standard InChI is InChI=1S/C11H19N3O/c1-7(2)10(12)11(15)9-5-13-6-14(9)8-3-4-8/h5-8,10-11,15H,3-4,12H2,1-2H3. The van der Waals surface area contributed by atoms with Crippen LogP contribution < -0.4 is 5.73 Å². The summed E-state index contributed by atoms with van der Waals surface area (Å²) in [7, 11) is 0. The topological polar surface area (TPSA) is 64.1 Å². The lowest BCUT2D eigenvalue weighted by Gasteiger charge is -2.23. The highest BCUT2D eigenvalue weighted by atomic mass is 16.3. The molecular weight excluding hydrogens is 190 g/mol. The van der Waals surface area contributed by atoms with E-state index in [1.807, 2.05) is 13.8 Å². The molecule has 84 valence electrons. The zero-order valence-corrected chi connectivity index (χ0v) is 9.30. The Labute approximate surface area is 90.1 Å². The molecule has 0 amide bonds. The molecule has 1 aliphatic rings. The summed E-state index contributed by atoms with van der Waals surface area (Å²) in [5.74, 6) is 0.266. The van der Waals surface area contributed by atoms with Gasteiger partial charge in [-0.05, 0) is 18.8 Å². The molecule has 0 spiro atoms. The fraction of sp³-hybridized carbons (Fsp3) is 0.727. The second kappa shape index (κ2) is 3.94. The van der Waals surface area contributed by atoms with Gasteiger partial charge in [0.05, 0.1) is 18.2 Å². The second-order valence-electron chi connectivity index (χ2n) is 4.72. The highest BCUT2D eigenvalue weighted by Crippen LogP contribution is 2.37. The van der Waals surface area contributed by atoms with E-state index >= 15 is 0 Å². The molecule has 0 bridgehead atoms. The lowest BCUT2D eigenvalue weighted by molar-refractivity contribution is 0.117. The van der Waals surface area contributed by atoms with E-state index in [-0.39, 0.29) is 12.0 Å². The number of imidazole rings is 1. The van der Waals surface area contributed by atoms with Crippen molar-refractivity contribution in [2.24, 2.45) is 11.7 Å². The van der Waals surface area contributed by atoms with Crippen molar-refractivity contribution in [3.05, 3.63) is 18.2 Å². The Morgan fingerprint density at radius 1 is 1.53 bits per heavy atom. The second-order valence-corrected chi connectivity index (χ2v) is 4.72. The molecular formula is C11H19N3O. The van der Waals surface area contributed by atoms with E-state index in [0.717, 1.165) is 5.69 Å². The number of aliphatic hydroxyl groups is 1. The van der Waals surface area contributed by atoms with Crippen LogP contribution in [-0.4, -0.2) is 20.7 Å². The van der Waals surface area contributed by atoms with Crippen LogP contribution in [0.2, 0.25) is 0 Å². The first-order valence-electron chi connectivity index (χ1n) is 5.56. The molecule has 3 N–H and O–H groups in total. The third-order valence-electron chi connectivity index (χ3n) is 3.07. The first-order valence-corrected chi connectivity index (χ1v) is 5.56. The highest BCUT2D eigenvalue weighted by molar-refractivity contribution is 5.09. The largest absolute Gasteiger partial charge is 0.385 e. The molecule has 0 aromatic carbocycles. The molecule has 0 radical (unpaired) electrons. The van der Waals surface area contributed by atoms with Crippen molar-refractivity contribution < 1.29 is 5.11 Å². The fourth-order valence-corrected chi connectivity index (χ4v) is 1.76. The third kappa shape index (κ3) is 2.06. The first-order chi connectivity index (χ1) is 7.11.